The van der Waals surface area contributed by atoms with Gasteiger partial charge in [-0.25, -0.2) is 8.42 Å². The average molecular weight is 428 g/mol. The third kappa shape index (κ3) is 4.58. The predicted octanol–water partition coefficient (Wildman–Crippen LogP) is 2.30. The Hall–Kier alpha value is -1.45. The summed E-state index contributed by atoms with van der Waals surface area (Å²) in [5.74, 6) is -0.300. The summed E-state index contributed by atoms with van der Waals surface area (Å²) in [5.41, 5.74) is 0. The molecule has 2 amide bonds. The predicted molar refractivity (Wildman–Crippen MR) is 109 cm³/mol. The zero-order valence-electron chi connectivity index (χ0n) is 16.5. The van der Waals surface area contributed by atoms with Gasteiger partial charge in [0.2, 0.25) is 15.9 Å². The van der Waals surface area contributed by atoms with Gasteiger partial charge in [0, 0.05) is 38.1 Å². The third-order valence-corrected chi connectivity index (χ3v) is 8.31. The minimum Gasteiger partial charge on any atom is -0.354 e. The van der Waals surface area contributed by atoms with Gasteiger partial charge in [0.25, 0.3) is 5.91 Å². The van der Waals surface area contributed by atoms with Gasteiger partial charge < -0.3 is 10.2 Å². The molecule has 9 heteroatoms. The van der Waals surface area contributed by atoms with Crippen molar-refractivity contribution in [1.82, 2.24) is 14.5 Å². The second-order valence-corrected chi connectivity index (χ2v) is 10.6. The molecule has 0 spiro atoms. The second kappa shape index (κ2) is 8.92. The topological polar surface area (TPSA) is 86.8 Å². The van der Waals surface area contributed by atoms with Crippen molar-refractivity contribution >= 4 is 33.2 Å². The first-order valence-corrected chi connectivity index (χ1v) is 12.3. The van der Waals surface area contributed by atoms with Crippen LogP contribution in [0.15, 0.2) is 16.3 Å². The Bertz CT molecular complexity index is 805. The maximum Gasteiger partial charge on any atom is 0.265 e. The molecule has 0 aromatic carbocycles. The van der Waals surface area contributed by atoms with E-state index in [2.05, 4.69) is 5.32 Å². The first-order chi connectivity index (χ1) is 13.3. The summed E-state index contributed by atoms with van der Waals surface area (Å²) in [6.45, 7) is 5.83. The molecule has 3 heterocycles. The van der Waals surface area contributed by atoms with E-state index in [4.69, 9.17) is 0 Å². The minimum absolute atomic E-state index is 0.0339. The van der Waals surface area contributed by atoms with Crippen LogP contribution in [0.3, 0.4) is 0 Å². The number of carbonyl (C=O) groups is 2. The molecule has 0 saturated carbocycles. The maximum absolute atomic E-state index is 13.0. The zero-order valence-corrected chi connectivity index (χ0v) is 18.2. The van der Waals surface area contributed by atoms with E-state index < -0.39 is 10.0 Å². The Balaban J connectivity index is 1.68. The molecule has 156 valence electrons. The lowest BCUT2D eigenvalue weighted by Crippen LogP contribution is -2.44. The van der Waals surface area contributed by atoms with Crippen molar-refractivity contribution in [2.45, 2.75) is 56.9 Å². The van der Waals surface area contributed by atoms with Gasteiger partial charge in [-0.3, -0.25) is 9.59 Å². The molecular formula is C19H29N3O4S2. The third-order valence-electron chi connectivity index (χ3n) is 5.34. The lowest BCUT2D eigenvalue weighted by atomic mass is 9.95. The summed E-state index contributed by atoms with van der Waals surface area (Å²) in [4.78, 5) is 27.3. The fraction of sp³-hybridized carbons (Fsp3) is 0.684. The molecule has 2 saturated heterocycles. The summed E-state index contributed by atoms with van der Waals surface area (Å²) in [6.07, 6.45) is 3.96. The van der Waals surface area contributed by atoms with Crippen LogP contribution in [0.4, 0.5) is 0 Å². The monoisotopic (exact) mass is 427 g/mol. The number of rotatable bonds is 5. The standard InChI is InChI=1S/C19H29N3O4S2/c1-14(2)20-18(23)15-6-11-21(12-7-15)19(24)17-16(8-13-27-17)28(25,26)22-9-4-3-5-10-22/h8,13-15H,3-7,9-12H2,1-2H3,(H,20,23). The van der Waals surface area contributed by atoms with Crippen LogP contribution in [0.25, 0.3) is 0 Å². The molecule has 2 fully saturated rings. The highest BCUT2D eigenvalue weighted by Crippen LogP contribution is 2.29. The smallest absolute Gasteiger partial charge is 0.265 e. The van der Waals surface area contributed by atoms with Crippen molar-refractivity contribution in [3.63, 3.8) is 0 Å². The highest BCUT2D eigenvalue weighted by Gasteiger charge is 2.34. The van der Waals surface area contributed by atoms with Crippen LogP contribution < -0.4 is 5.32 Å². The van der Waals surface area contributed by atoms with Crippen LogP contribution in [0.1, 0.15) is 55.6 Å². The van der Waals surface area contributed by atoms with Gasteiger partial charge in [0.15, 0.2) is 0 Å². The lowest BCUT2D eigenvalue weighted by molar-refractivity contribution is -0.126. The molecule has 28 heavy (non-hydrogen) atoms. The Kier molecular flexibility index (Phi) is 6.77. The first-order valence-electron chi connectivity index (χ1n) is 9.98. The van der Waals surface area contributed by atoms with Gasteiger partial charge in [-0.2, -0.15) is 4.31 Å². The van der Waals surface area contributed by atoms with Crippen molar-refractivity contribution in [1.29, 1.82) is 0 Å². The number of thiophene rings is 1. The van der Waals surface area contributed by atoms with Crippen LogP contribution in [-0.4, -0.2) is 61.7 Å². The molecule has 0 aliphatic carbocycles. The fourth-order valence-corrected chi connectivity index (χ4v) is 6.67. The Morgan fingerprint density at radius 3 is 2.36 bits per heavy atom. The number of carbonyl (C=O) groups excluding carboxylic acids is 2. The molecule has 1 aromatic rings. The van der Waals surface area contributed by atoms with E-state index in [1.54, 1.807) is 16.3 Å². The van der Waals surface area contributed by atoms with Crippen molar-refractivity contribution in [2.75, 3.05) is 26.2 Å². The molecular weight excluding hydrogens is 398 g/mol. The van der Waals surface area contributed by atoms with Crippen molar-refractivity contribution in [2.24, 2.45) is 5.92 Å². The van der Waals surface area contributed by atoms with Crippen molar-refractivity contribution in [3.05, 3.63) is 16.3 Å². The molecule has 0 unspecified atom stereocenters. The lowest BCUT2D eigenvalue weighted by Gasteiger charge is -2.32. The number of nitrogens with one attached hydrogen (secondary N) is 1. The van der Waals surface area contributed by atoms with Crippen LogP contribution in [0.2, 0.25) is 0 Å². The summed E-state index contributed by atoms with van der Waals surface area (Å²) in [5, 5.41) is 4.60. The fourth-order valence-electron chi connectivity index (χ4n) is 3.79. The van der Waals surface area contributed by atoms with Gasteiger partial charge in [-0.1, -0.05) is 6.42 Å². The maximum atomic E-state index is 13.0. The number of nitrogens with zero attached hydrogens (tertiary/aromatic N) is 2. The van der Waals surface area contributed by atoms with E-state index >= 15 is 0 Å². The van der Waals surface area contributed by atoms with E-state index in [9.17, 15) is 18.0 Å². The van der Waals surface area contributed by atoms with Crippen molar-refractivity contribution < 1.29 is 18.0 Å². The Labute approximate surface area is 171 Å². The van der Waals surface area contributed by atoms with Crippen molar-refractivity contribution in [3.8, 4) is 0 Å². The van der Waals surface area contributed by atoms with E-state index in [-0.39, 0.29) is 33.5 Å². The molecule has 0 radical (unpaired) electrons. The molecule has 0 atom stereocenters. The van der Waals surface area contributed by atoms with Crippen LogP contribution in [0.5, 0.6) is 0 Å². The van der Waals surface area contributed by atoms with Gasteiger partial charge >= 0.3 is 0 Å². The summed E-state index contributed by atoms with van der Waals surface area (Å²) < 4.78 is 27.5. The summed E-state index contributed by atoms with van der Waals surface area (Å²) in [7, 11) is -3.64. The number of hydrogen-bond donors (Lipinski definition) is 1. The van der Waals surface area contributed by atoms with E-state index in [1.165, 1.54) is 15.6 Å². The Morgan fingerprint density at radius 1 is 1.11 bits per heavy atom. The summed E-state index contributed by atoms with van der Waals surface area (Å²) in [6, 6.07) is 1.64. The molecule has 7 nitrogen and oxygen atoms in total. The van der Waals surface area contributed by atoms with Gasteiger partial charge in [0.1, 0.15) is 9.77 Å². The number of amides is 2. The van der Waals surface area contributed by atoms with E-state index in [0.717, 1.165) is 19.3 Å². The molecule has 1 aromatic heterocycles. The van der Waals surface area contributed by atoms with Crippen LogP contribution in [-0.2, 0) is 14.8 Å². The summed E-state index contributed by atoms with van der Waals surface area (Å²) >= 11 is 1.18. The molecule has 2 aliphatic heterocycles. The van der Waals surface area contributed by atoms with Gasteiger partial charge in [-0.15, -0.1) is 11.3 Å². The van der Waals surface area contributed by atoms with Crippen LogP contribution in [0, 0.1) is 5.92 Å². The Morgan fingerprint density at radius 2 is 1.75 bits per heavy atom. The highest BCUT2D eigenvalue weighted by atomic mass is 32.2. The number of piperidine rings is 2. The number of hydrogen-bond acceptors (Lipinski definition) is 5. The highest BCUT2D eigenvalue weighted by molar-refractivity contribution is 7.89. The molecule has 3 rings (SSSR count). The zero-order chi connectivity index (χ0) is 20.3. The largest absolute Gasteiger partial charge is 0.354 e. The minimum atomic E-state index is -3.64. The molecule has 2 aliphatic rings. The SMILES string of the molecule is CC(C)NC(=O)C1CCN(C(=O)c2sccc2S(=O)(=O)N2CCCCC2)CC1. The van der Waals surface area contributed by atoms with E-state index in [1.807, 2.05) is 13.8 Å². The van der Waals surface area contributed by atoms with E-state index in [0.29, 0.717) is 39.0 Å². The first kappa shape index (κ1) is 21.3. The van der Waals surface area contributed by atoms with Gasteiger partial charge in [-0.05, 0) is 51.0 Å². The average Bonchev–Trinajstić information content (AvgIpc) is 3.18. The molecule has 1 N–H and O–H groups in total. The number of sulfonamides is 1. The normalized spacial score (nSPS) is 19.8. The number of likely N-dealkylation sites (tertiary alicyclic amines) is 1. The second-order valence-electron chi connectivity index (χ2n) is 7.81. The van der Waals surface area contributed by atoms with Gasteiger partial charge in [0.05, 0.1) is 0 Å². The van der Waals surface area contributed by atoms with Crippen LogP contribution >= 0.6 is 11.3 Å². The quantitative estimate of drug-likeness (QED) is 0.781. The molecule has 0 bridgehead atoms.